The lowest BCUT2D eigenvalue weighted by Crippen LogP contribution is -2.24. The van der Waals surface area contributed by atoms with Gasteiger partial charge in [-0.25, -0.2) is 21.6 Å². The van der Waals surface area contributed by atoms with E-state index in [0.717, 1.165) is 11.7 Å². The highest BCUT2D eigenvalue weighted by molar-refractivity contribution is 7.92. The third-order valence-corrected chi connectivity index (χ3v) is 3.97. The minimum Gasteiger partial charge on any atom is -0.383 e. The Labute approximate surface area is 125 Å². The van der Waals surface area contributed by atoms with Crippen LogP contribution in [-0.4, -0.2) is 43.4 Å². The van der Waals surface area contributed by atoms with Crippen molar-refractivity contribution < 1.29 is 21.6 Å². The highest BCUT2D eigenvalue weighted by atomic mass is 32.2. The van der Waals surface area contributed by atoms with E-state index in [-0.39, 0.29) is 6.54 Å². The van der Waals surface area contributed by atoms with E-state index in [9.17, 15) is 16.8 Å². The summed E-state index contributed by atoms with van der Waals surface area (Å²) in [4.78, 5) is 0. The number of methoxy groups -OCH3 is 1. The molecule has 0 fully saturated rings. The molecule has 0 aliphatic rings. The van der Waals surface area contributed by atoms with E-state index in [1.165, 1.54) is 13.2 Å². The molecule has 0 spiro atoms. The Hall–Kier alpha value is -1.42. The van der Waals surface area contributed by atoms with Gasteiger partial charge in [0.2, 0.25) is 20.0 Å². The first-order chi connectivity index (χ1) is 9.72. The molecule has 0 saturated carbocycles. The summed E-state index contributed by atoms with van der Waals surface area (Å²) >= 11 is 0. The van der Waals surface area contributed by atoms with Gasteiger partial charge >= 0.3 is 0 Å². The molecule has 0 amide bonds. The van der Waals surface area contributed by atoms with Gasteiger partial charge in [0.15, 0.2) is 0 Å². The van der Waals surface area contributed by atoms with E-state index in [4.69, 9.17) is 4.74 Å². The van der Waals surface area contributed by atoms with Crippen LogP contribution in [0, 0.1) is 0 Å². The van der Waals surface area contributed by atoms with Gasteiger partial charge in [-0.1, -0.05) is 12.1 Å². The van der Waals surface area contributed by atoms with Gasteiger partial charge in [-0.3, -0.25) is 4.72 Å². The normalized spacial score (nSPS) is 12.7. The molecule has 1 aromatic carbocycles. The molecule has 1 aromatic rings. The molecule has 0 bridgehead atoms. The van der Waals surface area contributed by atoms with Crippen molar-refractivity contribution in [2.45, 2.75) is 0 Å². The minimum atomic E-state index is -3.51. The predicted molar refractivity (Wildman–Crippen MR) is 82.7 cm³/mol. The van der Waals surface area contributed by atoms with Gasteiger partial charge < -0.3 is 4.74 Å². The van der Waals surface area contributed by atoms with Crippen LogP contribution in [0.5, 0.6) is 0 Å². The number of anilines is 1. The molecule has 118 valence electrons. The van der Waals surface area contributed by atoms with E-state index < -0.39 is 20.0 Å². The first kappa shape index (κ1) is 17.6. The summed E-state index contributed by atoms with van der Waals surface area (Å²) in [7, 11) is -5.35. The van der Waals surface area contributed by atoms with E-state index in [2.05, 4.69) is 9.44 Å². The molecule has 0 atom stereocenters. The Balaban J connectivity index is 2.69. The molecular formula is C12H18N2O5S2. The van der Waals surface area contributed by atoms with Crippen LogP contribution in [0.2, 0.25) is 0 Å². The maximum absolute atomic E-state index is 11.6. The highest BCUT2D eigenvalue weighted by Crippen LogP contribution is 2.12. The lowest BCUT2D eigenvalue weighted by atomic mass is 10.2. The van der Waals surface area contributed by atoms with Crippen LogP contribution in [-0.2, 0) is 24.8 Å². The van der Waals surface area contributed by atoms with E-state index in [1.807, 2.05) is 0 Å². The Kier molecular flexibility index (Phi) is 6.34. The van der Waals surface area contributed by atoms with Crippen LogP contribution in [0.25, 0.3) is 6.08 Å². The molecule has 0 aliphatic carbocycles. The number of hydrogen-bond donors (Lipinski definition) is 2. The van der Waals surface area contributed by atoms with Gasteiger partial charge in [-0.2, -0.15) is 0 Å². The van der Waals surface area contributed by atoms with Crippen LogP contribution in [0.1, 0.15) is 5.56 Å². The first-order valence-electron chi connectivity index (χ1n) is 5.96. The zero-order valence-corrected chi connectivity index (χ0v) is 13.4. The average Bonchev–Trinajstić information content (AvgIpc) is 2.36. The SMILES string of the molecule is COCCNS(=O)(=O)C=Cc1ccc(NS(C)(=O)=O)cc1. The second-order valence-electron chi connectivity index (χ2n) is 4.23. The van der Waals surface area contributed by atoms with Crippen LogP contribution in [0.4, 0.5) is 5.69 Å². The van der Waals surface area contributed by atoms with Crippen molar-refractivity contribution in [1.29, 1.82) is 0 Å². The number of ether oxygens (including phenoxy) is 1. The zero-order valence-electron chi connectivity index (χ0n) is 11.7. The predicted octanol–water partition coefficient (Wildman–Crippen LogP) is 0.595. The highest BCUT2D eigenvalue weighted by Gasteiger charge is 2.04. The third-order valence-electron chi connectivity index (χ3n) is 2.26. The molecule has 1 rings (SSSR count). The Morgan fingerprint density at radius 1 is 1.14 bits per heavy atom. The fourth-order valence-corrected chi connectivity index (χ4v) is 2.74. The Bertz CT molecular complexity index is 679. The molecule has 0 radical (unpaired) electrons. The number of sulfonamides is 2. The maximum atomic E-state index is 11.6. The van der Waals surface area contributed by atoms with E-state index >= 15 is 0 Å². The summed E-state index contributed by atoms with van der Waals surface area (Å²) in [6.07, 6.45) is 2.47. The summed E-state index contributed by atoms with van der Waals surface area (Å²) in [6, 6.07) is 6.31. The summed E-state index contributed by atoms with van der Waals surface area (Å²) < 4.78 is 54.7. The second-order valence-corrected chi connectivity index (χ2v) is 7.63. The lowest BCUT2D eigenvalue weighted by Gasteiger charge is -2.04. The first-order valence-corrected chi connectivity index (χ1v) is 9.40. The van der Waals surface area contributed by atoms with Crippen molar-refractivity contribution in [3.05, 3.63) is 35.2 Å². The quantitative estimate of drug-likeness (QED) is 0.678. The van der Waals surface area contributed by atoms with E-state index in [1.54, 1.807) is 24.3 Å². The maximum Gasteiger partial charge on any atom is 0.233 e. The molecule has 0 aliphatic heterocycles. The molecule has 7 nitrogen and oxygen atoms in total. The van der Waals surface area contributed by atoms with Crippen molar-refractivity contribution in [2.75, 3.05) is 31.2 Å². The van der Waals surface area contributed by atoms with Crippen LogP contribution < -0.4 is 9.44 Å². The topological polar surface area (TPSA) is 102 Å². The molecule has 0 aromatic heterocycles. The van der Waals surface area contributed by atoms with Gasteiger partial charge in [-0.05, 0) is 23.8 Å². The number of hydrogen-bond acceptors (Lipinski definition) is 5. The minimum absolute atomic E-state index is 0.195. The summed E-state index contributed by atoms with van der Waals surface area (Å²) in [5.74, 6) is 0. The van der Waals surface area contributed by atoms with E-state index in [0.29, 0.717) is 17.9 Å². The standard InChI is InChI=1S/C12H18N2O5S2/c1-19-9-8-13-21(17,18)10-7-11-3-5-12(6-4-11)14-20(2,15)16/h3-7,10,13-14H,8-9H2,1-2H3. The van der Waals surface area contributed by atoms with Gasteiger partial charge in [0, 0.05) is 24.7 Å². The lowest BCUT2D eigenvalue weighted by molar-refractivity contribution is 0.204. The smallest absolute Gasteiger partial charge is 0.233 e. The van der Waals surface area contributed by atoms with Crippen molar-refractivity contribution >= 4 is 31.8 Å². The summed E-state index contributed by atoms with van der Waals surface area (Å²) in [6.45, 7) is 0.485. The second kappa shape index (κ2) is 7.55. The van der Waals surface area contributed by atoms with Gasteiger partial charge in [-0.15, -0.1) is 0 Å². The Morgan fingerprint density at radius 2 is 1.76 bits per heavy atom. The summed E-state index contributed by atoms with van der Waals surface area (Å²) in [5, 5.41) is 1.04. The molecule has 21 heavy (non-hydrogen) atoms. The van der Waals surface area contributed by atoms with Crippen LogP contribution >= 0.6 is 0 Å². The van der Waals surface area contributed by atoms with Gasteiger partial charge in [0.1, 0.15) is 0 Å². The number of rotatable bonds is 8. The zero-order chi connectivity index (χ0) is 15.9. The monoisotopic (exact) mass is 334 g/mol. The van der Waals surface area contributed by atoms with Crippen LogP contribution in [0.15, 0.2) is 29.7 Å². The number of benzene rings is 1. The molecule has 0 saturated heterocycles. The van der Waals surface area contributed by atoms with Gasteiger partial charge in [0.05, 0.1) is 12.9 Å². The van der Waals surface area contributed by atoms with Crippen molar-refractivity contribution in [1.82, 2.24) is 4.72 Å². The molecule has 9 heteroatoms. The number of nitrogens with one attached hydrogen (secondary N) is 2. The molecule has 0 heterocycles. The fraction of sp³-hybridized carbons (Fsp3) is 0.333. The fourth-order valence-electron chi connectivity index (χ4n) is 1.38. The largest absolute Gasteiger partial charge is 0.383 e. The van der Waals surface area contributed by atoms with Crippen LogP contribution in [0.3, 0.4) is 0 Å². The third kappa shape index (κ3) is 7.81. The summed E-state index contributed by atoms with van der Waals surface area (Å²) in [5.41, 5.74) is 1.04. The molecular weight excluding hydrogens is 316 g/mol. The van der Waals surface area contributed by atoms with Crippen molar-refractivity contribution in [3.8, 4) is 0 Å². The van der Waals surface area contributed by atoms with Gasteiger partial charge in [0.25, 0.3) is 0 Å². The van der Waals surface area contributed by atoms with Crippen molar-refractivity contribution in [3.63, 3.8) is 0 Å². The molecule has 2 N–H and O–H groups in total. The van der Waals surface area contributed by atoms with Crippen molar-refractivity contribution in [2.24, 2.45) is 0 Å². The average molecular weight is 334 g/mol. The molecule has 0 unspecified atom stereocenters. The Morgan fingerprint density at radius 3 is 2.29 bits per heavy atom.